The third kappa shape index (κ3) is 7.59. The van der Waals surface area contributed by atoms with Crippen molar-refractivity contribution in [2.75, 3.05) is 48.1 Å². The maximum Gasteiger partial charge on any atom is 0.191 e. The third-order valence-corrected chi connectivity index (χ3v) is 4.84. The van der Waals surface area contributed by atoms with Gasteiger partial charge in [0.25, 0.3) is 0 Å². The van der Waals surface area contributed by atoms with E-state index in [1.54, 1.807) is 28.4 Å². The molecular weight excluding hydrogens is 394 g/mol. The van der Waals surface area contributed by atoms with Gasteiger partial charge in [0, 0.05) is 19.6 Å². The van der Waals surface area contributed by atoms with Crippen molar-refractivity contribution in [2.24, 2.45) is 4.99 Å². The SMILES string of the molecule is CCNC(=NCCCc1ccc(OC)c(OC)c1)NCCc1ccc(OC)c(OC)c1. The molecule has 0 spiro atoms. The standard InChI is InChI=1S/C24H35N3O4/c1-6-25-24(27-15-13-19-10-12-21(29-3)23(17-19)31-5)26-14-7-8-18-9-11-20(28-2)22(16-18)30-4/h9-12,16-17H,6-8,13-15H2,1-5H3,(H2,25,26,27). The maximum atomic E-state index is 5.38. The Morgan fingerprint density at radius 2 is 1.29 bits per heavy atom. The highest BCUT2D eigenvalue weighted by molar-refractivity contribution is 5.79. The Bertz CT molecular complexity index is 840. The van der Waals surface area contributed by atoms with E-state index in [1.165, 1.54) is 11.1 Å². The van der Waals surface area contributed by atoms with Crippen LogP contribution in [0.4, 0.5) is 0 Å². The molecule has 2 N–H and O–H groups in total. The zero-order valence-corrected chi connectivity index (χ0v) is 19.3. The van der Waals surface area contributed by atoms with E-state index in [0.717, 1.165) is 67.9 Å². The highest BCUT2D eigenvalue weighted by Gasteiger charge is 2.06. The number of benzene rings is 2. The molecule has 170 valence electrons. The molecule has 0 radical (unpaired) electrons. The fourth-order valence-corrected chi connectivity index (χ4v) is 3.21. The first-order valence-electron chi connectivity index (χ1n) is 10.6. The number of aryl methyl sites for hydroxylation is 1. The van der Waals surface area contributed by atoms with Crippen molar-refractivity contribution < 1.29 is 18.9 Å². The molecule has 2 aromatic carbocycles. The van der Waals surface area contributed by atoms with Crippen LogP contribution < -0.4 is 29.6 Å². The molecule has 0 unspecified atom stereocenters. The summed E-state index contributed by atoms with van der Waals surface area (Å²) in [6, 6.07) is 12.0. The molecule has 7 nitrogen and oxygen atoms in total. The predicted octanol–water partition coefficient (Wildman–Crippen LogP) is 3.45. The summed E-state index contributed by atoms with van der Waals surface area (Å²) in [6.07, 6.45) is 2.73. The Morgan fingerprint density at radius 1 is 0.742 bits per heavy atom. The molecule has 0 atom stereocenters. The van der Waals surface area contributed by atoms with Crippen LogP contribution in [0, 0.1) is 0 Å². The summed E-state index contributed by atoms with van der Waals surface area (Å²) in [7, 11) is 6.59. The van der Waals surface area contributed by atoms with Gasteiger partial charge in [-0.3, -0.25) is 4.99 Å². The lowest BCUT2D eigenvalue weighted by Crippen LogP contribution is -2.38. The van der Waals surface area contributed by atoms with Crippen molar-refractivity contribution >= 4 is 5.96 Å². The fourth-order valence-electron chi connectivity index (χ4n) is 3.21. The van der Waals surface area contributed by atoms with E-state index in [9.17, 15) is 0 Å². The molecule has 0 heterocycles. The number of aliphatic imine (C=N–C) groups is 1. The lowest BCUT2D eigenvalue weighted by atomic mass is 10.1. The number of hydrogen-bond acceptors (Lipinski definition) is 5. The second-order valence-electron chi connectivity index (χ2n) is 6.92. The first-order chi connectivity index (χ1) is 15.1. The van der Waals surface area contributed by atoms with Crippen LogP contribution in [0.3, 0.4) is 0 Å². The van der Waals surface area contributed by atoms with Gasteiger partial charge in [-0.2, -0.15) is 0 Å². The van der Waals surface area contributed by atoms with E-state index in [-0.39, 0.29) is 0 Å². The van der Waals surface area contributed by atoms with Crippen LogP contribution in [0.25, 0.3) is 0 Å². The zero-order chi connectivity index (χ0) is 22.5. The minimum absolute atomic E-state index is 0.736. The van der Waals surface area contributed by atoms with Gasteiger partial charge < -0.3 is 29.6 Å². The van der Waals surface area contributed by atoms with Gasteiger partial charge in [0.15, 0.2) is 29.0 Å². The van der Waals surface area contributed by atoms with Crippen molar-refractivity contribution in [3.63, 3.8) is 0 Å². The van der Waals surface area contributed by atoms with Crippen LogP contribution >= 0.6 is 0 Å². The molecule has 0 aromatic heterocycles. The van der Waals surface area contributed by atoms with Crippen molar-refractivity contribution in [2.45, 2.75) is 26.2 Å². The lowest BCUT2D eigenvalue weighted by molar-refractivity contribution is 0.354. The molecule has 2 rings (SSSR count). The van der Waals surface area contributed by atoms with Crippen LogP contribution in [0.1, 0.15) is 24.5 Å². The molecule has 31 heavy (non-hydrogen) atoms. The largest absolute Gasteiger partial charge is 0.493 e. The summed E-state index contributed by atoms with van der Waals surface area (Å²) in [5.74, 6) is 3.82. The van der Waals surface area contributed by atoms with Gasteiger partial charge >= 0.3 is 0 Å². The summed E-state index contributed by atoms with van der Waals surface area (Å²) in [6.45, 7) is 4.39. The monoisotopic (exact) mass is 429 g/mol. The Kier molecular flexibility index (Phi) is 10.3. The van der Waals surface area contributed by atoms with Gasteiger partial charge in [0.2, 0.25) is 0 Å². The van der Waals surface area contributed by atoms with Crippen LogP contribution in [0.5, 0.6) is 23.0 Å². The smallest absolute Gasteiger partial charge is 0.191 e. The summed E-state index contributed by atoms with van der Waals surface area (Å²) in [5.41, 5.74) is 2.38. The third-order valence-electron chi connectivity index (χ3n) is 4.84. The minimum atomic E-state index is 0.736. The molecule has 0 bridgehead atoms. The van der Waals surface area contributed by atoms with Gasteiger partial charge in [0.1, 0.15) is 0 Å². The predicted molar refractivity (Wildman–Crippen MR) is 125 cm³/mol. The zero-order valence-electron chi connectivity index (χ0n) is 19.3. The fraction of sp³-hybridized carbons (Fsp3) is 0.458. The van der Waals surface area contributed by atoms with Crippen molar-refractivity contribution in [1.29, 1.82) is 0 Å². The van der Waals surface area contributed by atoms with Crippen LogP contribution in [-0.4, -0.2) is 54.0 Å². The van der Waals surface area contributed by atoms with Gasteiger partial charge in [-0.05, 0) is 61.6 Å². The number of nitrogens with one attached hydrogen (secondary N) is 2. The lowest BCUT2D eigenvalue weighted by Gasteiger charge is -2.13. The van der Waals surface area contributed by atoms with Crippen LogP contribution in [-0.2, 0) is 12.8 Å². The number of methoxy groups -OCH3 is 4. The average Bonchev–Trinajstić information content (AvgIpc) is 2.81. The number of ether oxygens (including phenoxy) is 4. The normalized spacial score (nSPS) is 11.1. The van der Waals surface area contributed by atoms with Crippen molar-refractivity contribution in [3.8, 4) is 23.0 Å². The molecule has 0 saturated heterocycles. The summed E-state index contributed by atoms with van der Waals surface area (Å²) < 4.78 is 21.3. The van der Waals surface area contributed by atoms with Crippen molar-refractivity contribution in [1.82, 2.24) is 10.6 Å². The van der Waals surface area contributed by atoms with Crippen molar-refractivity contribution in [3.05, 3.63) is 47.5 Å². The molecule has 0 saturated carbocycles. The van der Waals surface area contributed by atoms with E-state index in [0.29, 0.717) is 0 Å². The molecule has 0 amide bonds. The second-order valence-corrected chi connectivity index (χ2v) is 6.92. The molecule has 0 aliphatic heterocycles. The molecule has 0 aliphatic carbocycles. The van der Waals surface area contributed by atoms with Gasteiger partial charge in [-0.1, -0.05) is 12.1 Å². The van der Waals surface area contributed by atoms with Gasteiger partial charge in [0.05, 0.1) is 28.4 Å². The van der Waals surface area contributed by atoms with Gasteiger partial charge in [-0.15, -0.1) is 0 Å². The molecule has 0 fully saturated rings. The topological polar surface area (TPSA) is 73.3 Å². The number of guanidine groups is 1. The van der Waals surface area contributed by atoms with E-state index in [1.807, 2.05) is 24.3 Å². The quantitative estimate of drug-likeness (QED) is 0.306. The first kappa shape index (κ1) is 24.2. The molecule has 2 aromatic rings. The summed E-state index contributed by atoms with van der Waals surface area (Å²) in [4.78, 5) is 4.69. The highest BCUT2D eigenvalue weighted by atomic mass is 16.5. The Balaban J connectivity index is 1.83. The molecule has 7 heteroatoms. The number of rotatable bonds is 12. The molecule has 0 aliphatic rings. The van der Waals surface area contributed by atoms with E-state index in [4.69, 9.17) is 23.9 Å². The summed E-state index contributed by atoms with van der Waals surface area (Å²) in [5, 5.41) is 6.70. The second kappa shape index (κ2) is 13.3. The maximum absolute atomic E-state index is 5.38. The number of nitrogens with zero attached hydrogens (tertiary/aromatic N) is 1. The number of hydrogen-bond donors (Lipinski definition) is 2. The van der Waals surface area contributed by atoms with E-state index in [2.05, 4.69) is 29.7 Å². The Labute approximate surface area is 185 Å². The Morgan fingerprint density at radius 3 is 1.81 bits per heavy atom. The highest BCUT2D eigenvalue weighted by Crippen LogP contribution is 2.28. The molecular formula is C24H35N3O4. The van der Waals surface area contributed by atoms with Crippen LogP contribution in [0.2, 0.25) is 0 Å². The summed E-state index contributed by atoms with van der Waals surface area (Å²) >= 11 is 0. The average molecular weight is 430 g/mol. The van der Waals surface area contributed by atoms with E-state index >= 15 is 0 Å². The Hall–Kier alpha value is -3.09. The first-order valence-corrected chi connectivity index (χ1v) is 10.6. The van der Waals surface area contributed by atoms with Crippen LogP contribution in [0.15, 0.2) is 41.4 Å². The van der Waals surface area contributed by atoms with Gasteiger partial charge in [-0.25, -0.2) is 0 Å². The minimum Gasteiger partial charge on any atom is -0.493 e. The van der Waals surface area contributed by atoms with E-state index < -0.39 is 0 Å².